The van der Waals surface area contributed by atoms with Gasteiger partial charge in [-0.1, -0.05) is 0 Å². The number of rotatable bonds is 1. The number of nitrogens with two attached hydrogens (primary N) is 1. The first-order valence-electron chi connectivity index (χ1n) is 5.83. The molecule has 2 atom stereocenters. The van der Waals surface area contributed by atoms with E-state index in [2.05, 4.69) is 14.5 Å². The normalized spacial score (nSPS) is 27.8. The van der Waals surface area contributed by atoms with Crippen molar-refractivity contribution in [2.24, 2.45) is 5.14 Å². The summed E-state index contributed by atoms with van der Waals surface area (Å²) in [5.41, 5.74) is 0. The topological polar surface area (TPSA) is 120 Å². The number of nitriles is 1. The molecular weight excluding hydrogens is 348 g/mol. The molecule has 1 aliphatic carbocycles. The Kier molecular flexibility index (Phi) is 3.11. The molecular formula is C10H6F4N4O4S. The maximum absolute atomic E-state index is 13.2. The van der Waals surface area contributed by atoms with E-state index in [1.807, 2.05) is 0 Å². The zero-order chi connectivity index (χ0) is 17.2. The average Bonchev–Trinajstić information content (AvgIpc) is 2.74. The first-order valence-corrected chi connectivity index (χ1v) is 7.34. The van der Waals surface area contributed by atoms with Gasteiger partial charge >= 0.3 is 22.4 Å². The minimum absolute atomic E-state index is 0.235. The Bertz CT molecular complexity index is 949. The number of ether oxygens (including phenoxy) is 2. The van der Waals surface area contributed by atoms with Crippen LogP contribution in [-0.2, 0) is 19.7 Å². The third-order valence-corrected chi connectivity index (χ3v) is 4.01. The van der Waals surface area contributed by atoms with Gasteiger partial charge in [0.15, 0.2) is 0 Å². The smallest absolute Gasteiger partial charge is 0.303 e. The standard InChI is InChI=1S/C10H6F4N4O4S/c11-9(12)10(13,14)22-7-2-5-4(1-6(7)21-9)17-8(3-15)18(5)23(16,19)20/h1-2,6-7H,(H2,16,19,20). The van der Waals surface area contributed by atoms with Gasteiger partial charge in [0.25, 0.3) is 0 Å². The highest BCUT2D eigenvalue weighted by molar-refractivity contribution is 7.87. The molecule has 1 saturated heterocycles. The Labute approximate surface area is 125 Å². The molecule has 124 valence electrons. The summed E-state index contributed by atoms with van der Waals surface area (Å²) in [5, 5.41) is 13.2. The van der Waals surface area contributed by atoms with E-state index < -0.39 is 40.5 Å². The SMILES string of the molecule is N#Cc1nc2c(n1S(N)(=O)=O)=CC1OC(F)(F)C(F)(F)OC1C=2. The first-order chi connectivity index (χ1) is 10.5. The molecule has 2 aliphatic rings. The Balaban J connectivity index is 2.24. The maximum atomic E-state index is 13.2. The van der Waals surface area contributed by atoms with E-state index in [0.29, 0.717) is 3.97 Å². The van der Waals surface area contributed by atoms with E-state index >= 15 is 0 Å². The molecule has 1 aromatic rings. The van der Waals surface area contributed by atoms with Gasteiger partial charge in [0.05, 0.1) is 10.7 Å². The summed E-state index contributed by atoms with van der Waals surface area (Å²) in [6.45, 7) is 0. The number of fused-ring (bicyclic) bond motifs is 2. The Morgan fingerprint density at radius 3 is 2.22 bits per heavy atom. The van der Waals surface area contributed by atoms with Gasteiger partial charge in [-0.05, 0) is 12.2 Å². The van der Waals surface area contributed by atoms with Crippen LogP contribution in [0.1, 0.15) is 5.82 Å². The molecule has 0 radical (unpaired) electrons. The molecule has 0 saturated carbocycles. The van der Waals surface area contributed by atoms with Crippen LogP contribution in [0.5, 0.6) is 0 Å². The largest absolute Gasteiger partial charge is 0.449 e. The zero-order valence-corrected chi connectivity index (χ0v) is 11.6. The van der Waals surface area contributed by atoms with Crippen LogP contribution in [0.25, 0.3) is 12.2 Å². The lowest BCUT2D eigenvalue weighted by Crippen LogP contribution is -2.59. The van der Waals surface area contributed by atoms with Crippen LogP contribution in [0.3, 0.4) is 0 Å². The van der Waals surface area contributed by atoms with E-state index in [9.17, 15) is 26.0 Å². The van der Waals surface area contributed by atoms with Crippen molar-refractivity contribution in [2.75, 3.05) is 0 Å². The number of hydrogen-bond donors (Lipinski definition) is 1. The van der Waals surface area contributed by atoms with Crippen molar-refractivity contribution in [1.29, 1.82) is 5.26 Å². The molecule has 0 aromatic carbocycles. The van der Waals surface area contributed by atoms with Gasteiger partial charge < -0.3 is 9.47 Å². The predicted octanol–water partition coefficient (Wildman–Crippen LogP) is -1.65. The highest BCUT2D eigenvalue weighted by atomic mass is 32.2. The molecule has 13 heteroatoms. The van der Waals surface area contributed by atoms with Crippen LogP contribution >= 0.6 is 0 Å². The highest BCUT2D eigenvalue weighted by Gasteiger charge is 2.66. The van der Waals surface area contributed by atoms with Crippen molar-refractivity contribution in [3.63, 3.8) is 0 Å². The minimum atomic E-state index is -4.92. The number of nitrogens with zero attached hydrogens (tertiary/aromatic N) is 3. The van der Waals surface area contributed by atoms with E-state index in [1.54, 1.807) is 0 Å². The van der Waals surface area contributed by atoms with Crippen molar-refractivity contribution in [2.45, 2.75) is 24.4 Å². The molecule has 23 heavy (non-hydrogen) atoms. The van der Waals surface area contributed by atoms with Crippen LogP contribution in [-0.4, -0.2) is 41.8 Å². The van der Waals surface area contributed by atoms with Crippen molar-refractivity contribution in [3.8, 4) is 6.07 Å². The van der Waals surface area contributed by atoms with Gasteiger partial charge in [-0.2, -0.15) is 35.2 Å². The highest BCUT2D eigenvalue weighted by Crippen LogP contribution is 2.43. The maximum Gasteiger partial charge on any atom is 0.449 e. The van der Waals surface area contributed by atoms with Crippen molar-refractivity contribution < 1.29 is 35.5 Å². The second-order valence-corrected chi connectivity index (χ2v) is 6.05. The van der Waals surface area contributed by atoms with Gasteiger partial charge in [-0.25, -0.2) is 10.1 Å². The second-order valence-electron chi connectivity index (χ2n) is 4.66. The number of aromatic nitrogens is 2. The fourth-order valence-electron chi connectivity index (χ4n) is 2.22. The summed E-state index contributed by atoms with van der Waals surface area (Å²) in [7, 11) is -4.48. The summed E-state index contributed by atoms with van der Waals surface area (Å²) in [6.07, 6.45) is -11.5. The number of alkyl halides is 4. The Hall–Kier alpha value is -2.01. The van der Waals surface area contributed by atoms with Crippen LogP contribution in [0.2, 0.25) is 0 Å². The van der Waals surface area contributed by atoms with Gasteiger partial charge in [0.1, 0.15) is 18.3 Å². The van der Waals surface area contributed by atoms with Crippen LogP contribution < -0.4 is 15.8 Å². The molecule has 2 heterocycles. The van der Waals surface area contributed by atoms with Crippen LogP contribution in [0, 0.1) is 11.3 Å². The number of imidazole rings is 1. The summed E-state index contributed by atoms with van der Waals surface area (Å²) in [4.78, 5) is 3.60. The third-order valence-electron chi connectivity index (χ3n) is 3.13. The van der Waals surface area contributed by atoms with Crippen molar-refractivity contribution >= 4 is 22.4 Å². The molecule has 3 rings (SSSR count). The summed E-state index contributed by atoms with van der Waals surface area (Å²) >= 11 is 0. The predicted molar refractivity (Wildman–Crippen MR) is 63.3 cm³/mol. The molecule has 8 nitrogen and oxygen atoms in total. The molecule has 2 N–H and O–H groups in total. The molecule has 2 unspecified atom stereocenters. The van der Waals surface area contributed by atoms with E-state index in [1.165, 1.54) is 6.07 Å². The lowest BCUT2D eigenvalue weighted by Gasteiger charge is -2.38. The fraction of sp³-hybridized carbons (Fsp3) is 0.400. The number of hydrogen-bond acceptors (Lipinski definition) is 6. The third kappa shape index (κ3) is 2.30. The van der Waals surface area contributed by atoms with Gasteiger partial charge in [-0.3, -0.25) is 0 Å². The monoisotopic (exact) mass is 354 g/mol. The van der Waals surface area contributed by atoms with Crippen LogP contribution in [0.4, 0.5) is 17.6 Å². The minimum Gasteiger partial charge on any atom is -0.303 e. The zero-order valence-electron chi connectivity index (χ0n) is 10.8. The molecule has 1 aromatic heterocycles. The van der Waals surface area contributed by atoms with Crippen molar-refractivity contribution in [3.05, 3.63) is 16.5 Å². The summed E-state index contributed by atoms with van der Waals surface area (Å²) < 4.78 is 84.0. The Morgan fingerprint density at radius 1 is 1.22 bits per heavy atom. The average molecular weight is 354 g/mol. The quantitative estimate of drug-likeness (QED) is 0.604. The number of halogens is 4. The lowest BCUT2D eigenvalue weighted by molar-refractivity contribution is -0.475. The van der Waals surface area contributed by atoms with Crippen molar-refractivity contribution in [1.82, 2.24) is 8.96 Å². The van der Waals surface area contributed by atoms with Gasteiger partial charge in [0.2, 0.25) is 5.82 Å². The summed E-state index contributed by atoms with van der Waals surface area (Å²) in [5.74, 6) is -0.665. The lowest BCUT2D eigenvalue weighted by atomic mass is 10.1. The van der Waals surface area contributed by atoms with E-state index in [4.69, 9.17) is 10.4 Å². The molecule has 0 spiro atoms. The van der Waals surface area contributed by atoms with E-state index in [0.717, 1.165) is 12.2 Å². The molecule has 1 fully saturated rings. The fourth-order valence-corrected chi connectivity index (χ4v) is 2.97. The molecule has 1 aliphatic heterocycles. The van der Waals surface area contributed by atoms with Crippen LogP contribution in [0.15, 0.2) is 0 Å². The van der Waals surface area contributed by atoms with Gasteiger partial charge in [0, 0.05) is 0 Å². The van der Waals surface area contributed by atoms with Gasteiger partial charge in [-0.15, -0.1) is 0 Å². The molecule has 0 amide bonds. The first kappa shape index (κ1) is 15.9. The molecule has 0 bridgehead atoms. The summed E-state index contributed by atoms with van der Waals surface area (Å²) in [6, 6.07) is 1.45. The van der Waals surface area contributed by atoms with E-state index in [-0.39, 0.29) is 10.7 Å². The Morgan fingerprint density at radius 2 is 1.74 bits per heavy atom. The second kappa shape index (κ2) is 4.51.